The maximum atomic E-state index is 12.0. The quantitative estimate of drug-likeness (QED) is 0.947. The van der Waals surface area contributed by atoms with E-state index >= 15 is 0 Å². The number of ether oxygens (including phenoxy) is 1. The van der Waals surface area contributed by atoms with Gasteiger partial charge in [-0.3, -0.25) is 4.79 Å². The van der Waals surface area contributed by atoms with E-state index in [-0.39, 0.29) is 12.0 Å². The average Bonchev–Trinajstić information content (AvgIpc) is 3.02. The zero-order chi connectivity index (χ0) is 14.7. The number of carbonyl (C=O) groups is 1. The first kappa shape index (κ1) is 14.3. The maximum absolute atomic E-state index is 12.0. The molecule has 1 aliphatic heterocycles. The number of nitrogens with zero attached hydrogens (tertiary/aromatic N) is 1. The van der Waals surface area contributed by atoms with Crippen LogP contribution in [0.5, 0.6) is 0 Å². The summed E-state index contributed by atoms with van der Waals surface area (Å²) < 4.78 is 5.79. The van der Waals surface area contributed by atoms with Gasteiger partial charge in [0.25, 0.3) is 5.91 Å². The summed E-state index contributed by atoms with van der Waals surface area (Å²) in [7, 11) is 2.10. The Balaban J connectivity index is 1.65. The van der Waals surface area contributed by atoms with Gasteiger partial charge < -0.3 is 15.0 Å². The van der Waals surface area contributed by atoms with Crippen LogP contribution in [-0.4, -0.2) is 37.6 Å². The maximum Gasteiger partial charge on any atom is 0.265 e. The van der Waals surface area contributed by atoms with Crippen molar-refractivity contribution in [2.75, 3.05) is 32.1 Å². The Kier molecular flexibility index (Phi) is 4.34. The number of morpholine rings is 1. The van der Waals surface area contributed by atoms with Gasteiger partial charge in [0.05, 0.1) is 17.6 Å². The molecule has 0 aliphatic carbocycles. The van der Waals surface area contributed by atoms with Crippen LogP contribution in [0.2, 0.25) is 0 Å². The van der Waals surface area contributed by atoms with E-state index in [4.69, 9.17) is 4.74 Å². The second-order valence-electron chi connectivity index (χ2n) is 5.18. The first-order valence-corrected chi connectivity index (χ1v) is 7.85. The van der Waals surface area contributed by atoms with Gasteiger partial charge in [-0.15, -0.1) is 11.3 Å². The summed E-state index contributed by atoms with van der Waals surface area (Å²) in [6.45, 7) is 2.64. The summed E-state index contributed by atoms with van der Waals surface area (Å²) in [6.07, 6.45) is 0.116. The summed E-state index contributed by atoms with van der Waals surface area (Å²) in [4.78, 5) is 15.0. The van der Waals surface area contributed by atoms with Gasteiger partial charge in [-0.2, -0.15) is 0 Å². The first-order chi connectivity index (χ1) is 10.2. The predicted octanol–water partition coefficient (Wildman–Crippen LogP) is 3.00. The van der Waals surface area contributed by atoms with Gasteiger partial charge >= 0.3 is 0 Å². The van der Waals surface area contributed by atoms with Crippen LogP contribution in [0.3, 0.4) is 0 Å². The second-order valence-corrected chi connectivity index (χ2v) is 6.12. The van der Waals surface area contributed by atoms with Gasteiger partial charge in [0.1, 0.15) is 0 Å². The lowest BCUT2D eigenvalue weighted by Gasteiger charge is -2.30. The topological polar surface area (TPSA) is 41.6 Å². The molecule has 110 valence electrons. The van der Waals surface area contributed by atoms with Crippen LogP contribution < -0.4 is 5.32 Å². The van der Waals surface area contributed by atoms with Crippen molar-refractivity contribution < 1.29 is 9.53 Å². The van der Waals surface area contributed by atoms with Crippen LogP contribution in [-0.2, 0) is 4.74 Å². The zero-order valence-corrected chi connectivity index (χ0v) is 12.7. The first-order valence-electron chi connectivity index (χ1n) is 6.97. The molecule has 1 atom stereocenters. The lowest BCUT2D eigenvalue weighted by atomic mass is 10.1. The van der Waals surface area contributed by atoms with Crippen molar-refractivity contribution in [2.45, 2.75) is 6.10 Å². The standard InChI is InChI=1S/C16H18N2O2S/c1-18-8-9-20-14(11-18)12-4-6-13(7-5-12)17-16(19)15-3-2-10-21-15/h2-7,10,14H,8-9,11H2,1H3,(H,17,19). The largest absolute Gasteiger partial charge is 0.371 e. The number of amides is 1. The molecule has 1 aromatic heterocycles. The molecule has 1 saturated heterocycles. The molecule has 1 fully saturated rings. The van der Waals surface area contributed by atoms with Crippen molar-refractivity contribution in [2.24, 2.45) is 0 Å². The summed E-state index contributed by atoms with van der Waals surface area (Å²) >= 11 is 1.44. The fourth-order valence-electron chi connectivity index (χ4n) is 2.36. The van der Waals surface area contributed by atoms with E-state index < -0.39 is 0 Å². The number of benzene rings is 1. The van der Waals surface area contributed by atoms with Gasteiger partial charge in [-0.25, -0.2) is 0 Å². The Morgan fingerprint density at radius 3 is 2.81 bits per heavy atom. The zero-order valence-electron chi connectivity index (χ0n) is 11.9. The van der Waals surface area contributed by atoms with Gasteiger partial charge in [-0.05, 0) is 36.2 Å². The highest BCUT2D eigenvalue weighted by atomic mass is 32.1. The van der Waals surface area contributed by atoms with Crippen molar-refractivity contribution >= 4 is 22.9 Å². The fraction of sp³-hybridized carbons (Fsp3) is 0.312. The van der Waals surface area contributed by atoms with Gasteiger partial charge in [-0.1, -0.05) is 18.2 Å². The van der Waals surface area contributed by atoms with E-state index in [1.165, 1.54) is 11.3 Å². The van der Waals surface area contributed by atoms with Gasteiger partial charge in [0.2, 0.25) is 0 Å². The molecule has 21 heavy (non-hydrogen) atoms. The number of hydrogen-bond acceptors (Lipinski definition) is 4. The molecule has 3 rings (SSSR count). The van der Waals surface area contributed by atoms with Crippen molar-refractivity contribution in [3.63, 3.8) is 0 Å². The smallest absolute Gasteiger partial charge is 0.265 e. The van der Waals surface area contributed by atoms with Crippen LogP contribution in [0.1, 0.15) is 21.3 Å². The number of carbonyl (C=O) groups excluding carboxylic acids is 1. The SMILES string of the molecule is CN1CCOC(c2ccc(NC(=O)c3cccs3)cc2)C1. The molecule has 1 amide bonds. The molecule has 2 aromatic rings. The highest BCUT2D eigenvalue weighted by Gasteiger charge is 2.19. The minimum absolute atomic E-state index is 0.0635. The summed E-state index contributed by atoms with van der Waals surface area (Å²) in [6, 6.07) is 11.6. The Morgan fingerprint density at radius 2 is 2.14 bits per heavy atom. The Morgan fingerprint density at radius 1 is 1.33 bits per heavy atom. The van der Waals surface area contributed by atoms with Crippen LogP contribution in [0, 0.1) is 0 Å². The molecular weight excluding hydrogens is 284 g/mol. The van der Waals surface area contributed by atoms with Gasteiger partial charge in [0, 0.05) is 18.8 Å². The number of hydrogen-bond donors (Lipinski definition) is 1. The monoisotopic (exact) mass is 302 g/mol. The number of thiophene rings is 1. The molecule has 5 heteroatoms. The van der Waals surface area contributed by atoms with Crippen molar-refractivity contribution in [3.8, 4) is 0 Å². The van der Waals surface area contributed by atoms with Gasteiger partial charge in [0.15, 0.2) is 0 Å². The average molecular weight is 302 g/mol. The number of nitrogens with one attached hydrogen (secondary N) is 1. The van der Waals surface area contributed by atoms with Crippen LogP contribution >= 0.6 is 11.3 Å². The van der Waals surface area contributed by atoms with E-state index in [1.807, 2.05) is 41.8 Å². The molecule has 0 radical (unpaired) electrons. The third kappa shape index (κ3) is 3.50. The molecule has 0 spiro atoms. The number of likely N-dealkylation sites (N-methyl/N-ethyl adjacent to an activating group) is 1. The Labute approximate surface area is 128 Å². The van der Waals surface area contributed by atoms with E-state index in [0.717, 1.165) is 35.8 Å². The van der Waals surface area contributed by atoms with Crippen molar-refractivity contribution in [1.82, 2.24) is 4.90 Å². The molecule has 1 unspecified atom stereocenters. The molecule has 0 bridgehead atoms. The van der Waals surface area contributed by atoms with Crippen LogP contribution in [0.4, 0.5) is 5.69 Å². The molecule has 2 heterocycles. The molecule has 1 aromatic carbocycles. The number of anilines is 1. The molecule has 1 N–H and O–H groups in total. The second kappa shape index (κ2) is 6.39. The van der Waals surface area contributed by atoms with Crippen molar-refractivity contribution in [1.29, 1.82) is 0 Å². The molecule has 4 nitrogen and oxygen atoms in total. The predicted molar refractivity (Wildman–Crippen MR) is 84.9 cm³/mol. The molecule has 1 aliphatic rings. The highest BCUT2D eigenvalue weighted by molar-refractivity contribution is 7.12. The lowest BCUT2D eigenvalue weighted by Crippen LogP contribution is -2.35. The van der Waals surface area contributed by atoms with E-state index in [0.29, 0.717) is 0 Å². The van der Waals surface area contributed by atoms with E-state index in [9.17, 15) is 4.79 Å². The van der Waals surface area contributed by atoms with E-state index in [2.05, 4.69) is 17.3 Å². The molecular formula is C16H18N2O2S. The molecule has 0 saturated carbocycles. The third-order valence-electron chi connectivity index (χ3n) is 3.55. The van der Waals surface area contributed by atoms with Crippen LogP contribution in [0.15, 0.2) is 41.8 Å². The lowest BCUT2D eigenvalue weighted by molar-refractivity contribution is -0.0208. The minimum Gasteiger partial charge on any atom is -0.371 e. The third-order valence-corrected chi connectivity index (χ3v) is 4.42. The summed E-state index contributed by atoms with van der Waals surface area (Å²) in [5.74, 6) is -0.0635. The summed E-state index contributed by atoms with van der Waals surface area (Å²) in [5.41, 5.74) is 1.96. The van der Waals surface area contributed by atoms with Crippen LogP contribution in [0.25, 0.3) is 0 Å². The van der Waals surface area contributed by atoms with E-state index in [1.54, 1.807) is 0 Å². The Bertz CT molecular complexity index is 595. The summed E-state index contributed by atoms with van der Waals surface area (Å²) in [5, 5.41) is 4.80. The highest BCUT2D eigenvalue weighted by Crippen LogP contribution is 2.23. The normalized spacial score (nSPS) is 19.4. The Hall–Kier alpha value is -1.69. The fourth-order valence-corrected chi connectivity index (χ4v) is 2.98. The van der Waals surface area contributed by atoms with Crippen molar-refractivity contribution in [3.05, 3.63) is 52.2 Å². The minimum atomic E-state index is -0.0635. The number of rotatable bonds is 3.